The van der Waals surface area contributed by atoms with E-state index in [-0.39, 0.29) is 25.2 Å². The zero-order chi connectivity index (χ0) is 46.3. The smallest absolute Gasteiger partial charge is 0.306 e. The van der Waals surface area contributed by atoms with Crippen LogP contribution in [0.25, 0.3) is 0 Å². The van der Waals surface area contributed by atoms with Crippen molar-refractivity contribution in [2.45, 2.75) is 264 Å². The maximum atomic E-state index is 12.3. The van der Waals surface area contributed by atoms with Crippen molar-refractivity contribution in [3.63, 3.8) is 0 Å². The molecular formula is C59H102O5. The average molecular weight is 891 g/mol. The Bertz CT molecular complexity index is 1190. The van der Waals surface area contributed by atoms with Crippen molar-refractivity contribution in [2.24, 2.45) is 0 Å². The summed E-state index contributed by atoms with van der Waals surface area (Å²) in [6.45, 7) is 4.04. The summed E-state index contributed by atoms with van der Waals surface area (Å²) in [7, 11) is 0. The van der Waals surface area contributed by atoms with E-state index < -0.39 is 6.10 Å². The molecule has 0 fully saturated rings. The number of unbranched alkanes of at least 4 members (excludes halogenated alkanes) is 27. The fraction of sp³-hybridized carbons (Fsp3) is 0.729. The van der Waals surface area contributed by atoms with Gasteiger partial charge in [-0.05, 0) is 70.6 Å². The van der Waals surface area contributed by atoms with Crippen LogP contribution in [0.1, 0.15) is 258 Å². The van der Waals surface area contributed by atoms with Gasteiger partial charge in [0, 0.05) is 12.8 Å². The number of hydrogen-bond acceptors (Lipinski definition) is 5. The molecule has 0 aliphatic carbocycles. The molecule has 0 amide bonds. The molecule has 0 aromatic heterocycles. The molecule has 1 atom stereocenters. The molecule has 0 rings (SSSR count). The highest BCUT2D eigenvalue weighted by atomic mass is 16.6. The number of esters is 2. The lowest BCUT2D eigenvalue weighted by atomic mass is 10.0. The summed E-state index contributed by atoms with van der Waals surface area (Å²) in [5.41, 5.74) is 0. The van der Waals surface area contributed by atoms with Crippen LogP contribution < -0.4 is 0 Å². The number of allylic oxidation sites excluding steroid dienone is 14. The summed E-state index contributed by atoms with van der Waals surface area (Å²) in [6.07, 6.45) is 75.4. The second-order valence-corrected chi connectivity index (χ2v) is 17.9. The largest absolute Gasteiger partial charge is 0.462 e. The van der Waals surface area contributed by atoms with Crippen LogP contribution in [0.2, 0.25) is 0 Å². The third kappa shape index (κ3) is 51.7. The third-order valence-electron chi connectivity index (χ3n) is 11.7. The van der Waals surface area contributed by atoms with Crippen LogP contribution in [0.3, 0.4) is 0 Å². The minimum absolute atomic E-state index is 0.0686. The number of rotatable bonds is 49. The van der Waals surface area contributed by atoms with Crippen LogP contribution in [0, 0.1) is 0 Å². The van der Waals surface area contributed by atoms with Gasteiger partial charge in [-0.25, -0.2) is 0 Å². The molecule has 0 aromatic rings. The van der Waals surface area contributed by atoms with Gasteiger partial charge >= 0.3 is 11.9 Å². The lowest BCUT2D eigenvalue weighted by molar-refractivity contribution is -0.161. The van der Waals surface area contributed by atoms with Crippen molar-refractivity contribution >= 4 is 11.9 Å². The summed E-state index contributed by atoms with van der Waals surface area (Å²) in [5, 5.41) is 9.64. The predicted octanol–water partition coefficient (Wildman–Crippen LogP) is 18.2. The Hall–Kier alpha value is -2.92. The first kappa shape index (κ1) is 61.1. The normalized spacial score (nSPS) is 12.9. The molecule has 5 nitrogen and oxygen atoms in total. The van der Waals surface area contributed by atoms with E-state index in [4.69, 9.17) is 9.47 Å². The van der Waals surface area contributed by atoms with Crippen molar-refractivity contribution in [3.8, 4) is 0 Å². The van der Waals surface area contributed by atoms with Gasteiger partial charge < -0.3 is 14.6 Å². The van der Waals surface area contributed by atoms with Crippen LogP contribution in [-0.4, -0.2) is 36.4 Å². The first-order chi connectivity index (χ1) is 31.6. The first-order valence-corrected chi connectivity index (χ1v) is 27.1. The second kappa shape index (κ2) is 54.4. The number of aliphatic hydroxyl groups excluding tert-OH is 1. The van der Waals surface area contributed by atoms with E-state index in [2.05, 4.69) is 98.9 Å². The molecule has 0 bridgehead atoms. The SMILES string of the molecule is CC/C=C\C/C=C\C/C=C\C/C=C\C/C=C\C/C=C\C/C=C\CCCCCCCCCCCC(=O)OC(CO)COC(=O)CCCCCCCCCCCCCCCCCCCCC. The third-order valence-corrected chi connectivity index (χ3v) is 11.7. The number of carbonyl (C=O) groups excluding carboxylic acids is 2. The van der Waals surface area contributed by atoms with Crippen LogP contribution in [-0.2, 0) is 19.1 Å². The highest BCUT2D eigenvalue weighted by molar-refractivity contribution is 5.70. The first-order valence-electron chi connectivity index (χ1n) is 27.1. The van der Waals surface area contributed by atoms with Gasteiger partial charge in [-0.1, -0.05) is 259 Å². The molecule has 0 radical (unpaired) electrons. The van der Waals surface area contributed by atoms with Gasteiger partial charge in [0.1, 0.15) is 6.61 Å². The molecular weight excluding hydrogens is 789 g/mol. The zero-order valence-corrected chi connectivity index (χ0v) is 42.0. The topological polar surface area (TPSA) is 72.8 Å². The number of ether oxygens (including phenoxy) is 2. The van der Waals surface area contributed by atoms with E-state index in [0.717, 1.165) is 89.9 Å². The van der Waals surface area contributed by atoms with Gasteiger partial charge in [0.05, 0.1) is 6.61 Å². The summed E-state index contributed by atoms with van der Waals surface area (Å²) in [5.74, 6) is -0.591. The van der Waals surface area contributed by atoms with Gasteiger partial charge in [0.2, 0.25) is 0 Å². The van der Waals surface area contributed by atoms with Crippen LogP contribution in [0.5, 0.6) is 0 Å². The fourth-order valence-electron chi connectivity index (χ4n) is 7.65. The van der Waals surface area contributed by atoms with Crippen molar-refractivity contribution < 1.29 is 24.2 Å². The predicted molar refractivity (Wildman–Crippen MR) is 279 cm³/mol. The minimum Gasteiger partial charge on any atom is -0.462 e. The van der Waals surface area contributed by atoms with Crippen LogP contribution in [0.15, 0.2) is 85.1 Å². The van der Waals surface area contributed by atoms with Gasteiger partial charge in [-0.15, -0.1) is 0 Å². The van der Waals surface area contributed by atoms with E-state index >= 15 is 0 Å². The van der Waals surface area contributed by atoms with E-state index in [1.54, 1.807) is 0 Å². The molecule has 0 spiro atoms. The van der Waals surface area contributed by atoms with Crippen molar-refractivity contribution in [1.29, 1.82) is 0 Å². The van der Waals surface area contributed by atoms with Gasteiger partial charge in [0.15, 0.2) is 6.10 Å². The number of aliphatic hydroxyl groups is 1. The maximum Gasteiger partial charge on any atom is 0.306 e. The van der Waals surface area contributed by atoms with Gasteiger partial charge in [-0.2, -0.15) is 0 Å². The highest BCUT2D eigenvalue weighted by Gasteiger charge is 2.16. The molecule has 0 aliphatic heterocycles. The Morgan fingerprint density at radius 3 is 1.02 bits per heavy atom. The molecule has 0 aromatic carbocycles. The van der Waals surface area contributed by atoms with Crippen molar-refractivity contribution in [3.05, 3.63) is 85.1 Å². The standard InChI is InChI=1S/C59H102O5/c1-3-5-7-9-11-13-15-17-19-21-23-24-25-26-27-28-29-30-31-32-33-34-36-38-40-42-44-46-48-50-52-54-59(62)64-57(55-60)56-63-58(61)53-51-49-47-45-43-41-39-37-35-22-20-18-16-14-12-10-8-6-4-2/h5,7,11,13,17,19,23-24,26-27,29-30,32-33,57,60H,3-4,6,8-10,12,14-16,18,20-22,25,28,31,34-56H2,1-2H3/b7-5-,13-11-,19-17-,24-23-,27-26-,30-29-,33-32-. The van der Waals surface area contributed by atoms with Gasteiger partial charge in [0.25, 0.3) is 0 Å². The molecule has 0 saturated heterocycles. The van der Waals surface area contributed by atoms with E-state index in [1.807, 2.05) is 0 Å². The quantitative estimate of drug-likeness (QED) is 0.0374. The van der Waals surface area contributed by atoms with Crippen LogP contribution in [0.4, 0.5) is 0 Å². The lowest BCUT2D eigenvalue weighted by Gasteiger charge is -2.15. The molecule has 368 valence electrons. The molecule has 0 aliphatic rings. The molecule has 5 heteroatoms. The second-order valence-electron chi connectivity index (χ2n) is 17.9. The Kier molecular flexibility index (Phi) is 51.9. The summed E-state index contributed by atoms with van der Waals surface area (Å²) < 4.78 is 10.7. The van der Waals surface area contributed by atoms with E-state index in [9.17, 15) is 14.7 Å². The highest BCUT2D eigenvalue weighted by Crippen LogP contribution is 2.16. The van der Waals surface area contributed by atoms with Crippen molar-refractivity contribution in [1.82, 2.24) is 0 Å². The van der Waals surface area contributed by atoms with Crippen molar-refractivity contribution in [2.75, 3.05) is 13.2 Å². The Morgan fingerprint density at radius 2 is 0.672 bits per heavy atom. The molecule has 1 N–H and O–H groups in total. The van der Waals surface area contributed by atoms with E-state index in [1.165, 1.54) is 141 Å². The average Bonchev–Trinajstić information content (AvgIpc) is 3.30. The summed E-state index contributed by atoms with van der Waals surface area (Å²) in [4.78, 5) is 24.5. The lowest BCUT2D eigenvalue weighted by Crippen LogP contribution is -2.28. The Morgan fingerprint density at radius 1 is 0.375 bits per heavy atom. The fourth-order valence-corrected chi connectivity index (χ4v) is 7.65. The zero-order valence-electron chi connectivity index (χ0n) is 42.0. The summed E-state index contributed by atoms with van der Waals surface area (Å²) in [6, 6.07) is 0. The molecule has 1 unspecified atom stereocenters. The monoisotopic (exact) mass is 891 g/mol. The summed E-state index contributed by atoms with van der Waals surface area (Å²) >= 11 is 0. The maximum absolute atomic E-state index is 12.3. The molecule has 0 saturated carbocycles. The number of carbonyl (C=O) groups is 2. The Labute approximate surface area is 396 Å². The molecule has 64 heavy (non-hydrogen) atoms. The van der Waals surface area contributed by atoms with Gasteiger partial charge in [-0.3, -0.25) is 9.59 Å². The number of hydrogen-bond donors (Lipinski definition) is 1. The minimum atomic E-state index is -0.778. The Balaban J connectivity index is 3.54. The van der Waals surface area contributed by atoms with E-state index in [0.29, 0.717) is 12.8 Å². The molecule has 0 heterocycles. The van der Waals surface area contributed by atoms with Crippen LogP contribution >= 0.6 is 0 Å².